The number of hydrogen-bond acceptors (Lipinski definition) is 3. The van der Waals surface area contributed by atoms with Crippen LogP contribution in [-0.2, 0) is 4.79 Å². The van der Waals surface area contributed by atoms with Crippen LogP contribution >= 0.6 is 0 Å². The van der Waals surface area contributed by atoms with E-state index in [-0.39, 0.29) is 18.0 Å². The number of carboxylic acid groups (broad SMARTS) is 1. The summed E-state index contributed by atoms with van der Waals surface area (Å²) in [5.41, 5.74) is 1.75. The van der Waals surface area contributed by atoms with Crippen LogP contribution in [0, 0.1) is 5.92 Å². The van der Waals surface area contributed by atoms with Gasteiger partial charge in [-0.15, -0.1) is 13.2 Å². The fraction of sp³-hybridized carbons (Fsp3) is 0.222. The third-order valence-corrected chi connectivity index (χ3v) is 3.54. The minimum atomic E-state index is -4.74. The first-order chi connectivity index (χ1) is 11.7. The molecule has 25 heavy (non-hydrogen) atoms. The number of aliphatic carboxylic acids is 1. The highest BCUT2D eigenvalue weighted by atomic mass is 19.4. The maximum atomic E-state index is 12.1. The quantitative estimate of drug-likeness (QED) is 0.775. The van der Waals surface area contributed by atoms with Crippen LogP contribution in [0.3, 0.4) is 0 Å². The summed E-state index contributed by atoms with van der Waals surface area (Å²) < 4.78 is 40.2. The molecule has 0 bridgehead atoms. The molecule has 132 valence electrons. The number of carboxylic acids is 1. The van der Waals surface area contributed by atoms with Gasteiger partial charge in [-0.2, -0.15) is 0 Å². The summed E-state index contributed by atoms with van der Waals surface area (Å²) in [4.78, 5) is 22.8. The molecule has 0 saturated heterocycles. The number of carbonyl (C=O) groups is 2. The zero-order chi connectivity index (χ0) is 18.6. The van der Waals surface area contributed by atoms with E-state index in [0.717, 1.165) is 0 Å². The molecule has 0 radical (unpaired) electrons. The lowest BCUT2D eigenvalue weighted by Crippen LogP contribution is -2.16. The van der Waals surface area contributed by atoms with Crippen LogP contribution in [0.1, 0.15) is 23.7 Å². The van der Waals surface area contributed by atoms with Gasteiger partial charge in [0, 0.05) is 12.0 Å². The van der Waals surface area contributed by atoms with Crippen LogP contribution in [0.5, 0.6) is 5.75 Å². The molecule has 1 unspecified atom stereocenters. The molecule has 0 aromatic heterocycles. The molecule has 0 saturated carbocycles. The summed E-state index contributed by atoms with van der Waals surface area (Å²) in [6.07, 6.45) is -4.84. The molecule has 0 spiro atoms. The van der Waals surface area contributed by atoms with E-state index in [1.54, 1.807) is 24.3 Å². The number of Topliss-reactive ketones (excluding diaryl/α,β-unsaturated/α-hetero) is 1. The normalized spacial score (nSPS) is 12.5. The van der Waals surface area contributed by atoms with Crippen molar-refractivity contribution in [2.45, 2.75) is 19.7 Å². The van der Waals surface area contributed by atoms with Gasteiger partial charge in [-0.05, 0) is 23.3 Å². The zero-order valence-electron chi connectivity index (χ0n) is 13.2. The lowest BCUT2D eigenvalue weighted by atomic mass is 9.97. The molecule has 0 fully saturated rings. The molecule has 7 heteroatoms. The smallest absolute Gasteiger partial charge is 0.481 e. The Kier molecular flexibility index (Phi) is 5.46. The van der Waals surface area contributed by atoms with Gasteiger partial charge in [0.2, 0.25) is 0 Å². The van der Waals surface area contributed by atoms with Crippen molar-refractivity contribution in [2.24, 2.45) is 5.92 Å². The average Bonchev–Trinajstić information content (AvgIpc) is 2.54. The summed E-state index contributed by atoms with van der Waals surface area (Å²) >= 11 is 0. The Balaban J connectivity index is 2.09. The third-order valence-electron chi connectivity index (χ3n) is 3.54. The Labute approximate surface area is 141 Å². The van der Waals surface area contributed by atoms with E-state index in [1.807, 2.05) is 0 Å². The minimum absolute atomic E-state index is 0.0990. The Hall–Kier alpha value is -2.83. The Morgan fingerprint density at radius 1 is 1.00 bits per heavy atom. The van der Waals surface area contributed by atoms with E-state index < -0.39 is 18.2 Å². The summed E-state index contributed by atoms with van der Waals surface area (Å²) in [6.45, 7) is 1.46. The molecule has 0 aliphatic rings. The lowest BCUT2D eigenvalue weighted by Gasteiger charge is -2.10. The van der Waals surface area contributed by atoms with E-state index in [9.17, 15) is 22.8 Å². The highest BCUT2D eigenvalue weighted by Crippen LogP contribution is 2.27. The van der Waals surface area contributed by atoms with Crippen LogP contribution in [-0.4, -0.2) is 23.2 Å². The van der Waals surface area contributed by atoms with Crippen molar-refractivity contribution in [1.82, 2.24) is 0 Å². The first-order valence-electron chi connectivity index (χ1n) is 7.38. The standard InChI is InChI=1S/C18H15F3O4/c1-11(17(23)24)10-16(22)14-4-2-12(3-5-14)13-6-8-15(9-7-13)25-18(19,20)21/h2-9,11H,10H2,1H3,(H,23,24). The van der Waals surface area contributed by atoms with Gasteiger partial charge < -0.3 is 9.84 Å². The number of halogens is 3. The van der Waals surface area contributed by atoms with Crippen LogP contribution in [0.15, 0.2) is 48.5 Å². The van der Waals surface area contributed by atoms with Gasteiger partial charge in [0.05, 0.1) is 5.92 Å². The van der Waals surface area contributed by atoms with Gasteiger partial charge in [0.15, 0.2) is 5.78 Å². The fourth-order valence-corrected chi connectivity index (χ4v) is 2.18. The predicted molar refractivity (Wildman–Crippen MR) is 84.3 cm³/mol. The second kappa shape index (κ2) is 7.38. The average molecular weight is 352 g/mol. The topological polar surface area (TPSA) is 63.6 Å². The molecule has 2 rings (SSSR count). The second-order valence-electron chi connectivity index (χ2n) is 5.52. The summed E-state index contributed by atoms with van der Waals surface area (Å²) in [5.74, 6) is -2.40. The molecule has 0 aliphatic carbocycles. The Morgan fingerprint density at radius 3 is 1.92 bits per heavy atom. The molecule has 1 atom stereocenters. The largest absolute Gasteiger partial charge is 0.573 e. The van der Waals surface area contributed by atoms with Gasteiger partial charge in [-0.3, -0.25) is 9.59 Å². The van der Waals surface area contributed by atoms with Gasteiger partial charge in [0.25, 0.3) is 0 Å². The first-order valence-corrected chi connectivity index (χ1v) is 7.38. The molecule has 2 aromatic carbocycles. The maximum Gasteiger partial charge on any atom is 0.573 e. The number of benzene rings is 2. The highest BCUT2D eigenvalue weighted by molar-refractivity contribution is 5.98. The number of alkyl halides is 3. The Morgan fingerprint density at radius 2 is 1.48 bits per heavy atom. The van der Waals surface area contributed by atoms with Crippen LogP contribution in [0.4, 0.5) is 13.2 Å². The molecule has 2 aromatic rings. The van der Waals surface area contributed by atoms with E-state index >= 15 is 0 Å². The SMILES string of the molecule is CC(CC(=O)c1ccc(-c2ccc(OC(F)(F)F)cc2)cc1)C(=O)O. The van der Waals surface area contributed by atoms with E-state index in [4.69, 9.17) is 5.11 Å². The Bertz CT molecular complexity index is 749. The van der Waals surface area contributed by atoms with E-state index in [0.29, 0.717) is 16.7 Å². The van der Waals surface area contributed by atoms with Crippen molar-refractivity contribution in [3.63, 3.8) is 0 Å². The van der Waals surface area contributed by atoms with Crippen molar-refractivity contribution in [3.8, 4) is 16.9 Å². The second-order valence-corrected chi connectivity index (χ2v) is 5.52. The van der Waals surface area contributed by atoms with Gasteiger partial charge >= 0.3 is 12.3 Å². The number of ketones is 1. The lowest BCUT2D eigenvalue weighted by molar-refractivity contribution is -0.274. The summed E-state index contributed by atoms with van der Waals surface area (Å²) in [5, 5.41) is 8.83. The number of carbonyl (C=O) groups excluding carboxylic acids is 1. The van der Waals surface area contributed by atoms with Crippen LogP contribution < -0.4 is 4.74 Å². The molecular formula is C18H15F3O4. The number of hydrogen-bond donors (Lipinski definition) is 1. The zero-order valence-corrected chi connectivity index (χ0v) is 13.2. The molecule has 1 N–H and O–H groups in total. The monoisotopic (exact) mass is 352 g/mol. The van der Waals surface area contributed by atoms with Crippen molar-refractivity contribution >= 4 is 11.8 Å². The van der Waals surface area contributed by atoms with E-state index in [2.05, 4.69) is 4.74 Å². The number of rotatable bonds is 6. The van der Waals surface area contributed by atoms with Gasteiger partial charge in [0.1, 0.15) is 5.75 Å². The summed E-state index contributed by atoms with van der Waals surface area (Å²) in [7, 11) is 0. The summed E-state index contributed by atoms with van der Waals surface area (Å²) in [6, 6.07) is 11.8. The predicted octanol–water partition coefficient (Wildman–Crippen LogP) is 4.55. The van der Waals surface area contributed by atoms with E-state index in [1.165, 1.54) is 31.2 Å². The van der Waals surface area contributed by atoms with Gasteiger partial charge in [-0.1, -0.05) is 43.3 Å². The molecule has 0 aliphatic heterocycles. The van der Waals surface area contributed by atoms with Crippen LogP contribution in [0.2, 0.25) is 0 Å². The van der Waals surface area contributed by atoms with Crippen molar-refractivity contribution < 1.29 is 32.6 Å². The number of ether oxygens (including phenoxy) is 1. The first kappa shape index (κ1) is 18.5. The highest BCUT2D eigenvalue weighted by Gasteiger charge is 2.30. The molecule has 4 nitrogen and oxygen atoms in total. The van der Waals surface area contributed by atoms with Gasteiger partial charge in [-0.25, -0.2) is 0 Å². The molecule has 0 heterocycles. The fourth-order valence-electron chi connectivity index (χ4n) is 2.18. The maximum absolute atomic E-state index is 12.1. The minimum Gasteiger partial charge on any atom is -0.481 e. The van der Waals surface area contributed by atoms with Crippen molar-refractivity contribution in [2.75, 3.05) is 0 Å². The van der Waals surface area contributed by atoms with Crippen molar-refractivity contribution in [3.05, 3.63) is 54.1 Å². The van der Waals surface area contributed by atoms with Crippen molar-refractivity contribution in [1.29, 1.82) is 0 Å². The third kappa shape index (κ3) is 5.34. The molecule has 0 amide bonds. The molecular weight excluding hydrogens is 337 g/mol. The van der Waals surface area contributed by atoms with Crippen LogP contribution in [0.25, 0.3) is 11.1 Å².